The van der Waals surface area contributed by atoms with Gasteiger partial charge in [0.1, 0.15) is 0 Å². The molecule has 0 radical (unpaired) electrons. The van der Waals surface area contributed by atoms with Gasteiger partial charge in [0.2, 0.25) is 0 Å². The van der Waals surface area contributed by atoms with Crippen LogP contribution < -0.4 is 0 Å². The van der Waals surface area contributed by atoms with Gasteiger partial charge in [-0.3, -0.25) is 0 Å². The van der Waals surface area contributed by atoms with Crippen molar-refractivity contribution in [3.63, 3.8) is 0 Å². The first-order valence-electron chi connectivity index (χ1n) is 8.45. The fourth-order valence-electron chi connectivity index (χ4n) is 3.07. The highest BCUT2D eigenvalue weighted by Gasteiger charge is 2.17. The normalized spacial score (nSPS) is 11.1. The summed E-state index contributed by atoms with van der Waals surface area (Å²) >= 11 is 1.66. The molecule has 0 aliphatic rings. The predicted octanol–water partition coefficient (Wildman–Crippen LogP) is 6.02. The summed E-state index contributed by atoms with van der Waals surface area (Å²) < 4.78 is 1.17. The monoisotopic (exact) mass is 353 g/mol. The molecule has 0 aliphatic heterocycles. The Morgan fingerprint density at radius 2 is 1.31 bits per heavy atom. The quantitative estimate of drug-likeness (QED) is 0.431. The molecule has 3 aromatic carbocycles. The molecule has 0 spiro atoms. The van der Waals surface area contributed by atoms with Gasteiger partial charge >= 0.3 is 0 Å². The van der Waals surface area contributed by atoms with Gasteiger partial charge in [-0.05, 0) is 12.1 Å². The second-order valence-electron chi connectivity index (χ2n) is 6.03. The summed E-state index contributed by atoms with van der Waals surface area (Å²) in [5, 5.41) is 0.908. The smallest absolute Gasteiger partial charge is 0.167 e. The van der Waals surface area contributed by atoms with Crippen molar-refractivity contribution in [1.82, 2.24) is 15.0 Å². The minimum absolute atomic E-state index is 0.809. The topological polar surface area (TPSA) is 41.6 Å². The van der Waals surface area contributed by atoms with E-state index < -0.39 is 0 Å². The van der Waals surface area contributed by atoms with Gasteiger partial charge in [0.25, 0.3) is 0 Å². The van der Waals surface area contributed by atoms with E-state index in [-0.39, 0.29) is 0 Å². The van der Waals surface area contributed by atoms with Gasteiger partial charge < -0.3 is 4.98 Å². The minimum atomic E-state index is 0.809. The lowest BCUT2D eigenvalue weighted by molar-refractivity contribution is 1.29. The number of hydrogen-bond acceptors (Lipinski definition) is 3. The zero-order valence-corrected chi connectivity index (χ0v) is 14.7. The number of thiazole rings is 1. The first-order valence-corrected chi connectivity index (χ1v) is 9.27. The summed E-state index contributed by atoms with van der Waals surface area (Å²) in [5.41, 5.74) is 5.18. The number of H-pyrrole nitrogens is 1. The molecule has 0 amide bonds. The average molecular weight is 353 g/mol. The molecule has 0 saturated carbocycles. The highest BCUT2D eigenvalue weighted by Crippen LogP contribution is 2.35. The standard InChI is InChI=1S/C22H15N3S/c1-3-9-15(10-4-1)19-20(16-11-5-2-6-12-16)25-21(24-19)22-23-17-13-7-8-14-18(17)26-22/h1-14H,(H,24,25). The zero-order chi connectivity index (χ0) is 17.3. The van der Waals surface area contributed by atoms with Gasteiger partial charge in [0.05, 0.1) is 21.6 Å². The van der Waals surface area contributed by atoms with Crippen LogP contribution in [0.5, 0.6) is 0 Å². The van der Waals surface area contributed by atoms with E-state index in [1.807, 2.05) is 54.6 Å². The van der Waals surface area contributed by atoms with Crippen molar-refractivity contribution in [3.05, 3.63) is 84.9 Å². The van der Waals surface area contributed by atoms with E-state index in [1.54, 1.807) is 11.3 Å². The third kappa shape index (κ3) is 2.61. The maximum Gasteiger partial charge on any atom is 0.167 e. The molecule has 0 fully saturated rings. The first-order chi connectivity index (χ1) is 12.9. The number of aromatic amines is 1. The van der Waals surface area contributed by atoms with Crippen LogP contribution in [0.15, 0.2) is 84.9 Å². The van der Waals surface area contributed by atoms with Crippen molar-refractivity contribution in [2.45, 2.75) is 0 Å². The molecule has 124 valence electrons. The molecular weight excluding hydrogens is 338 g/mol. The number of aromatic nitrogens is 3. The van der Waals surface area contributed by atoms with E-state index in [2.05, 4.69) is 35.3 Å². The molecule has 0 aliphatic carbocycles. The van der Waals surface area contributed by atoms with E-state index in [9.17, 15) is 0 Å². The van der Waals surface area contributed by atoms with E-state index in [4.69, 9.17) is 9.97 Å². The fourth-order valence-corrected chi connectivity index (χ4v) is 3.98. The molecule has 0 atom stereocenters. The van der Waals surface area contributed by atoms with Crippen LogP contribution in [0, 0.1) is 0 Å². The summed E-state index contributed by atoms with van der Waals surface area (Å²) in [7, 11) is 0. The highest BCUT2D eigenvalue weighted by molar-refractivity contribution is 7.21. The Kier molecular flexibility index (Phi) is 3.61. The maximum atomic E-state index is 4.91. The van der Waals surface area contributed by atoms with Crippen LogP contribution >= 0.6 is 11.3 Å². The van der Waals surface area contributed by atoms with Crippen molar-refractivity contribution in [1.29, 1.82) is 0 Å². The number of hydrogen-bond donors (Lipinski definition) is 1. The Morgan fingerprint density at radius 3 is 2.04 bits per heavy atom. The number of nitrogens with zero attached hydrogens (tertiary/aromatic N) is 2. The molecule has 0 bridgehead atoms. The molecule has 0 saturated heterocycles. The van der Waals surface area contributed by atoms with Gasteiger partial charge in [-0.2, -0.15) is 0 Å². The Hall–Kier alpha value is -3.24. The van der Waals surface area contributed by atoms with Crippen LogP contribution in [0.25, 0.3) is 43.6 Å². The van der Waals surface area contributed by atoms with E-state index in [0.717, 1.165) is 38.9 Å². The van der Waals surface area contributed by atoms with Crippen molar-refractivity contribution < 1.29 is 0 Å². The lowest BCUT2D eigenvalue weighted by Crippen LogP contribution is -1.82. The Morgan fingerprint density at radius 1 is 0.654 bits per heavy atom. The molecule has 4 heteroatoms. The maximum absolute atomic E-state index is 4.91. The van der Waals surface area contributed by atoms with Gasteiger partial charge in [-0.1, -0.05) is 72.8 Å². The molecule has 5 aromatic rings. The summed E-state index contributed by atoms with van der Waals surface area (Å²) in [4.78, 5) is 13.2. The van der Waals surface area contributed by atoms with Crippen molar-refractivity contribution >= 4 is 21.6 Å². The molecular formula is C22H15N3S. The van der Waals surface area contributed by atoms with Crippen molar-refractivity contribution in [3.8, 4) is 33.3 Å². The molecule has 2 heterocycles. The summed E-state index contributed by atoms with van der Waals surface area (Å²) in [5.74, 6) is 0.809. The molecule has 5 rings (SSSR count). The number of imidazole rings is 1. The largest absolute Gasteiger partial charge is 0.335 e. The van der Waals surface area contributed by atoms with Crippen LogP contribution in [0.3, 0.4) is 0 Å². The molecule has 1 N–H and O–H groups in total. The van der Waals surface area contributed by atoms with E-state index in [1.165, 1.54) is 4.70 Å². The van der Waals surface area contributed by atoms with Crippen LogP contribution in [0.1, 0.15) is 0 Å². The van der Waals surface area contributed by atoms with Crippen LogP contribution in [0.4, 0.5) is 0 Å². The molecule has 26 heavy (non-hydrogen) atoms. The minimum Gasteiger partial charge on any atom is -0.335 e. The predicted molar refractivity (Wildman–Crippen MR) is 108 cm³/mol. The number of nitrogens with one attached hydrogen (secondary N) is 1. The van der Waals surface area contributed by atoms with Crippen LogP contribution in [-0.4, -0.2) is 15.0 Å². The summed E-state index contributed by atoms with van der Waals surface area (Å²) in [6.07, 6.45) is 0. The lowest BCUT2D eigenvalue weighted by Gasteiger charge is -2.02. The van der Waals surface area contributed by atoms with Crippen molar-refractivity contribution in [2.75, 3.05) is 0 Å². The summed E-state index contributed by atoms with van der Waals surface area (Å²) in [6.45, 7) is 0. The number of rotatable bonds is 3. The zero-order valence-electron chi connectivity index (χ0n) is 13.9. The van der Waals surface area contributed by atoms with Crippen LogP contribution in [0.2, 0.25) is 0 Å². The van der Waals surface area contributed by atoms with Crippen LogP contribution in [-0.2, 0) is 0 Å². The van der Waals surface area contributed by atoms with E-state index in [0.29, 0.717) is 0 Å². The Balaban J connectivity index is 1.71. The molecule has 3 nitrogen and oxygen atoms in total. The Bertz CT molecular complexity index is 1080. The third-order valence-corrected chi connectivity index (χ3v) is 5.35. The van der Waals surface area contributed by atoms with Gasteiger partial charge in [-0.15, -0.1) is 11.3 Å². The Labute approximate surface area is 155 Å². The van der Waals surface area contributed by atoms with Gasteiger partial charge in [-0.25, -0.2) is 9.97 Å². The average Bonchev–Trinajstić information content (AvgIpc) is 3.34. The SMILES string of the molecule is c1ccc(-c2nc(-c3nc4ccccc4s3)[nH]c2-c2ccccc2)cc1. The fraction of sp³-hybridized carbons (Fsp3) is 0. The van der Waals surface area contributed by atoms with E-state index >= 15 is 0 Å². The number of para-hydroxylation sites is 1. The number of fused-ring (bicyclic) bond motifs is 1. The second-order valence-corrected chi connectivity index (χ2v) is 7.06. The second kappa shape index (κ2) is 6.24. The van der Waals surface area contributed by atoms with Gasteiger partial charge in [0.15, 0.2) is 10.8 Å². The lowest BCUT2D eigenvalue weighted by atomic mass is 10.1. The summed E-state index contributed by atoms with van der Waals surface area (Å²) in [6, 6.07) is 28.8. The molecule has 2 aromatic heterocycles. The van der Waals surface area contributed by atoms with Gasteiger partial charge in [0, 0.05) is 11.1 Å². The molecule has 0 unspecified atom stereocenters. The highest BCUT2D eigenvalue weighted by atomic mass is 32.1. The third-order valence-electron chi connectivity index (χ3n) is 4.31. The number of benzene rings is 3. The van der Waals surface area contributed by atoms with Crippen molar-refractivity contribution in [2.24, 2.45) is 0 Å². The first kappa shape index (κ1) is 15.0.